The van der Waals surface area contributed by atoms with E-state index in [2.05, 4.69) is 20.9 Å². The fourth-order valence-corrected chi connectivity index (χ4v) is 3.31. The predicted octanol–water partition coefficient (Wildman–Crippen LogP) is 4.86. The van der Waals surface area contributed by atoms with E-state index in [1.54, 1.807) is 12.4 Å². The molecule has 22 heavy (non-hydrogen) atoms. The standard InChI is InChI=1S/C17H16BrClN2O/c1-11(15-4-2-3-5-16(15)19)21(14-6-7-14)17(22)12-8-13(18)10-20-9-12/h2-5,8-11,14H,6-7H2,1H3. The Hall–Kier alpha value is -1.39. The van der Waals surface area contributed by atoms with Gasteiger partial charge in [0.1, 0.15) is 0 Å². The monoisotopic (exact) mass is 378 g/mol. The van der Waals surface area contributed by atoms with Crippen LogP contribution in [0.1, 0.15) is 41.7 Å². The van der Waals surface area contributed by atoms with Crippen LogP contribution in [0.15, 0.2) is 47.2 Å². The van der Waals surface area contributed by atoms with Gasteiger partial charge in [-0.2, -0.15) is 0 Å². The van der Waals surface area contributed by atoms with E-state index in [4.69, 9.17) is 11.6 Å². The maximum atomic E-state index is 12.9. The number of pyridine rings is 1. The van der Waals surface area contributed by atoms with Crippen LogP contribution in [0.2, 0.25) is 5.02 Å². The van der Waals surface area contributed by atoms with Crippen LogP contribution in [-0.2, 0) is 0 Å². The summed E-state index contributed by atoms with van der Waals surface area (Å²) in [7, 11) is 0. The number of rotatable bonds is 4. The Morgan fingerprint density at radius 1 is 1.36 bits per heavy atom. The van der Waals surface area contributed by atoms with Crippen molar-refractivity contribution in [2.45, 2.75) is 31.8 Å². The van der Waals surface area contributed by atoms with Crippen LogP contribution in [0, 0.1) is 0 Å². The van der Waals surface area contributed by atoms with Crippen LogP contribution in [0.25, 0.3) is 0 Å². The van der Waals surface area contributed by atoms with Gasteiger partial charge in [-0.05, 0) is 53.4 Å². The molecule has 3 nitrogen and oxygen atoms in total. The van der Waals surface area contributed by atoms with Gasteiger partial charge in [-0.3, -0.25) is 9.78 Å². The van der Waals surface area contributed by atoms with Crippen molar-refractivity contribution in [1.82, 2.24) is 9.88 Å². The van der Waals surface area contributed by atoms with Gasteiger partial charge in [0.05, 0.1) is 11.6 Å². The number of carbonyl (C=O) groups is 1. The van der Waals surface area contributed by atoms with Crippen LogP contribution in [-0.4, -0.2) is 21.8 Å². The summed E-state index contributed by atoms with van der Waals surface area (Å²) >= 11 is 9.68. The highest BCUT2D eigenvalue weighted by atomic mass is 79.9. The SMILES string of the molecule is CC(c1ccccc1Cl)N(C(=O)c1cncc(Br)c1)C1CC1. The summed E-state index contributed by atoms with van der Waals surface area (Å²) in [6, 6.07) is 9.74. The molecule has 114 valence electrons. The van der Waals surface area contributed by atoms with E-state index in [1.807, 2.05) is 42.2 Å². The van der Waals surface area contributed by atoms with Gasteiger partial charge in [0.25, 0.3) is 5.91 Å². The van der Waals surface area contributed by atoms with E-state index in [0.29, 0.717) is 10.6 Å². The summed E-state index contributed by atoms with van der Waals surface area (Å²) in [4.78, 5) is 19.0. The van der Waals surface area contributed by atoms with Crippen LogP contribution in [0.4, 0.5) is 0 Å². The fourth-order valence-electron chi connectivity index (χ4n) is 2.65. The molecular weight excluding hydrogens is 364 g/mol. The molecule has 1 unspecified atom stereocenters. The summed E-state index contributed by atoms with van der Waals surface area (Å²) in [5.74, 6) is 0.00344. The van der Waals surface area contributed by atoms with Crippen molar-refractivity contribution in [3.63, 3.8) is 0 Å². The van der Waals surface area contributed by atoms with E-state index in [0.717, 1.165) is 22.9 Å². The van der Waals surface area contributed by atoms with E-state index >= 15 is 0 Å². The smallest absolute Gasteiger partial charge is 0.256 e. The lowest BCUT2D eigenvalue weighted by Gasteiger charge is -2.30. The van der Waals surface area contributed by atoms with Crippen molar-refractivity contribution in [3.8, 4) is 0 Å². The number of halogens is 2. The van der Waals surface area contributed by atoms with Gasteiger partial charge in [0.15, 0.2) is 0 Å². The second-order valence-corrected chi connectivity index (χ2v) is 6.86. The molecule has 0 bridgehead atoms. The average molecular weight is 380 g/mol. The van der Waals surface area contributed by atoms with Crippen LogP contribution >= 0.6 is 27.5 Å². The quantitative estimate of drug-likeness (QED) is 0.760. The van der Waals surface area contributed by atoms with Crippen molar-refractivity contribution in [2.75, 3.05) is 0 Å². The van der Waals surface area contributed by atoms with Gasteiger partial charge in [-0.1, -0.05) is 29.8 Å². The van der Waals surface area contributed by atoms with Gasteiger partial charge in [-0.25, -0.2) is 0 Å². The Kier molecular flexibility index (Phi) is 4.50. The first kappa shape index (κ1) is 15.5. The largest absolute Gasteiger partial charge is 0.329 e. The zero-order valence-corrected chi connectivity index (χ0v) is 14.5. The van der Waals surface area contributed by atoms with Gasteiger partial charge in [0.2, 0.25) is 0 Å². The summed E-state index contributed by atoms with van der Waals surface area (Å²) in [5.41, 5.74) is 1.58. The molecule has 0 saturated heterocycles. The van der Waals surface area contributed by atoms with Crippen LogP contribution in [0.5, 0.6) is 0 Å². The molecule has 1 aliphatic carbocycles. The Labute approximate surface area is 143 Å². The lowest BCUT2D eigenvalue weighted by molar-refractivity contribution is 0.0673. The van der Waals surface area contributed by atoms with Crippen molar-refractivity contribution >= 4 is 33.4 Å². The topological polar surface area (TPSA) is 33.2 Å². The summed E-state index contributed by atoms with van der Waals surface area (Å²) in [6.07, 6.45) is 5.38. The van der Waals surface area contributed by atoms with E-state index < -0.39 is 0 Å². The molecule has 3 rings (SSSR count). The normalized spacial score (nSPS) is 15.4. The molecule has 0 radical (unpaired) electrons. The molecule has 5 heteroatoms. The Morgan fingerprint density at radius 3 is 2.73 bits per heavy atom. The Balaban J connectivity index is 1.93. The molecule has 1 aromatic heterocycles. The number of aromatic nitrogens is 1. The maximum absolute atomic E-state index is 12.9. The average Bonchev–Trinajstić information content (AvgIpc) is 3.32. The summed E-state index contributed by atoms with van der Waals surface area (Å²) < 4.78 is 0.805. The zero-order valence-electron chi connectivity index (χ0n) is 12.2. The van der Waals surface area contributed by atoms with Crippen molar-refractivity contribution in [1.29, 1.82) is 0 Å². The molecule has 0 aliphatic heterocycles. The third kappa shape index (κ3) is 3.18. The number of hydrogen-bond donors (Lipinski definition) is 0. The number of carbonyl (C=O) groups excluding carboxylic acids is 1. The first-order chi connectivity index (χ1) is 10.6. The highest BCUT2D eigenvalue weighted by Gasteiger charge is 2.37. The number of benzene rings is 1. The van der Waals surface area contributed by atoms with Gasteiger partial charge in [-0.15, -0.1) is 0 Å². The van der Waals surface area contributed by atoms with E-state index in [-0.39, 0.29) is 18.0 Å². The fraction of sp³-hybridized carbons (Fsp3) is 0.294. The maximum Gasteiger partial charge on any atom is 0.256 e. The third-order valence-electron chi connectivity index (χ3n) is 3.90. The first-order valence-corrected chi connectivity index (χ1v) is 8.42. The molecule has 0 N–H and O–H groups in total. The molecule has 1 heterocycles. The summed E-state index contributed by atoms with van der Waals surface area (Å²) in [6.45, 7) is 2.03. The predicted molar refractivity (Wildman–Crippen MR) is 91.0 cm³/mol. The van der Waals surface area contributed by atoms with Crippen molar-refractivity contribution < 1.29 is 4.79 Å². The molecule has 0 spiro atoms. The van der Waals surface area contributed by atoms with Gasteiger partial charge in [0, 0.05) is 27.9 Å². The second-order valence-electron chi connectivity index (χ2n) is 5.53. The molecule has 1 aliphatic rings. The molecule has 1 saturated carbocycles. The minimum atomic E-state index is -0.0623. The Morgan fingerprint density at radius 2 is 2.09 bits per heavy atom. The lowest BCUT2D eigenvalue weighted by Crippen LogP contribution is -2.35. The number of nitrogens with zero attached hydrogens (tertiary/aromatic N) is 2. The highest BCUT2D eigenvalue weighted by Crippen LogP contribution is 2.37. The van der Waals surface area contributed by atoms with E-state index in [1.165, 1.54) is 0 Å². The van der Waals surface area contributed by atoms with Crippen LogP contribution in [0.3, 0.4) is 0 Å². The van der Waals surface area contributed by atoms with Gasteiger partial charge >= 0.3 is 0 Å². The van der Waals surface area contributed by atoms with Crippen molar-refractivity contribution in [2.24, 2.45) is 0 Å². The summed E-state index contributed by atoms with van der Waals surface area (Å²) in [5, 5.41) is 0.695. The third-order valence-corrected chi connectivity index (χ3v) is 4.68. The molecule has 1 fully saturated rings. The van der Waals surface area contributed by atoms with E-state index in [9.17, 15) is 4.79 Å². The number of hydrogen-bond acceptors (Lipinski definition) is 2. The lowest BCUT2D eigenvalue weighted by atomic mass is 10.1. The molecule has 1 aromatic carbocycles. The zero-order chi connectivity index (χ0) is 15.7. The van der Waals surface area contributed by atoms with Crippen molar-refractivity contribution in [3.05, 3.63) is 63.3 Å². The van der Waals surface area contributed by atoms with Crippen LogP contribution < -0.4 is 0 Å². The van der Waals surface area contributed by atoms with Gasteiger partial charge < -0.3 is 4.90 Å². The molecule has 2 aromatic rings. The second kappa shape index (κ2) is 6.39. The minimum absolute atomic E-state index is 0.00344. The molecule has 1 atom stereocenters. The highest BCUT2D eigenvalue weighted by molar-refractivity contribution is 9.10. The number of amides is 1. The molecule has 1 amide bonds. The Bertz CT molecular complexity index is 703. The first-order valence-electron chi connectivity index (χ1n) is 7.25. The molecular formula is C17H16BrClN2O. The minimum Gasteiger partial charge on any atom is -0.329 e.